The Hall–Kier alpha value is -0.810. The first-order chi connectivity index (χ1) is 4.57. The van der Waals surface area contributed by atoms with E-state index in [-0.39, 0.29) is 5.57 Å². The first-order valence-corrected chi connectivity index (χ1v) is 3.35. The van der Waals surface area contributed by atoms with E-state index in [0.29, 0.717) is 12.3 Å². The molecule has 0 aliphatic heterocycles. The van der Waals surface area contributed by atoms with Crippen LogP contribution in [-0.4, -0.2) is 11.2 Å². The minimum atomic E-state index is -0.648. The molecule has 0 rings (SSSR count). The van der Waals surface area contributed by atoms with Crippen LogP contribution in [0.25, 0.3) is 0 Å². The molecule has 1 unspecified atom stereocenters. The highest BCUT2D eigenvalue weighted by Gasteiger charge is 2.09. The van der Waals surface area contributed by atoms with Gasteiger partial charge in [-0.1, -0.05) is 20.4 Å². The van der Waals surface area contributed by atoms with Crippen LogP contribution < -0.4 is 0 Å². The lowest BCUT2D eigenvalue weighted by molar-refractivity contribution is 0.188. The van der Waals surface area contributed by atoms with Crippen LogP contribution in [0.1, 0.15) is 20.3 Å². The maximum absolute atomic E-state index is 9.17. The molecule has 2 heteroatoms. The van der Waals surface area contributed by atoms with Crippen molar-refractivity contribution >= 4 is 0 Å². The number of nitrogens with zero attached hydrogens (tertiary/aromatic N) is 1. The van der Waals surface area contributed by atoms with E-state index in [1.165, 1.54) is 0 Å². The second kappa shape index (κ2) is 4.08. The number of rotatable bonds is 3. The Morgan fingerprint density at radius 2 is 2.20 bits per heavy atom. The van der Waals surface area contributed by atoms with Crippen LogP contribution in [0.4, 0.5) is 0 Å². The average molecular weight is 139 g/mol. The minimum absolute atomic E-state index is 0.258. The van der Waals surface area contributed by atoms with Crippen molar-refractivity contribution in [2.75, 3.05) is 0 Å². The Kier molecular flexibility index (Phi) is 3.75. The second-order valence-corrected chi connectivity index (χ2v) is 2.78. The van der Waals surface area contributed by atoms with Gasteiger partial charge in [-0.15, -0.1) is 0 Å². The van der Waals surface area contributed by atoms with Crippen molar-refractivity contribution in [3.63, 3.8) is 0 Å². The molecule has 0 fully saturated rings. The summed E-state index contributed by atoms with van der Waals surface area (Å²) in [6, 6.07) is 1.83. The largest absolute Gasteiger partial charge is 0.388 e. The molecular formula is C8H13NO. The molecule has 0 saturated carbocycles. The zero-order chi connectivity index (χ0) is 8.15. The number of hydrogen-bond donors (Lipinski definition) is 1. The predicted octanol–water partition coefficient (Wildman–Crippen LogP) is 1.47. The molecule has 0 heterocycles. The molecule has 0 aromatic carbocycles. The van der Waals surface area contributed by atoms with Gasteiger partial charge in [0.05, 0.1) is 17.7 Å². The van der Waals surface area contributed by atoms with E-state index in [4.69, 9.17) is 10.4 Å². The molecule has 0 amide bonds. The van der Waals surface area contributed by atoms with Gasteiger partial charge in [0.1, 0.15) is 0 Å². The van der Waals surface area contributed by atoms with Crippen LogP contribution in [-0.2, 0) is 0 Å². The van der Waals surface area contributed by atoms with E-state index in [0.717, 1.165) is 0 Å². The van der Waals surface area contributed by atoms with Gasteiger partial charge < -0.3 is 5.11 Å². The molecule has 0 aliphatic carbocycles. The van der Waals surface area contributed by atoms with Gasteiger partial charge in [-0.3, -0.25) is 0 Å². The number of nitriles is 1. The van der Waals surface area contributed by atoms with Crippen LogP contribution >= 0.6 is 0 Å². The monoisotopic (exact) mass is 139 g/mol. The minimum Gasteiger partial charge on any atom is -0.388 e. The lowest BCUT2D eigenvalue weighted by atomic mass is 10.0. The zero-order valence-electron chi connectivity index (χ0n) is 6.46. The van der Waals surface area contributed by atoms with E-state index in [1.54, 1.807) is 0 Å². The molecule has 10 heavy (non-hydrogen) atoms. The van der Waals surface area contributed by atoms with Gasteiger partial charge in [-0.25, -0.2) is 0 Å². The Morgan fingerprint density at radius 1 is 1.70 bits per heavy atom. The van der Waals surface area contributed by atoms with Crippen molar-refractivity contribution in [1.82, 2.24) is 0 Å². The molecule has 0 bridgehead atoms. The van der Waals surface area contributed by atoms with Crippen LogP contribution in [0.5, 0.6) is 0 Å². The molecule has 1 atom stereocenters. The molecule has 0 aliphatic rings. The quantitative estimate of drug-likeness (QED) is 0.602. The lowest BCUT2D eigenvalue weighted by Gasteiger charge is -2.09. The van der Waals surface area contributed by atoms with Crippen molar-refractivity contribution in [1.29, 1.82) is 5.26 Å². The Bertz CT molecular complexity index is 155. The molecule has 0 radical (unpaired) electrons. The molecule has 0 spiro atoms. The smallest absolute Gasteiger partial charge is 0.0968 e. The molecule has 56 valence electrons. The first kappa shape index (κ1) is 9.19. The predicted molar refractivity (Wildman–Crippen MR) is 40.2 cm³/mol. The third-order valence-corrected chi connectivity index (χ3v) is 1.24. The summed E-state index contributed by atoms with van der Waals surface area (Å²) in [5.74, 6) is 0.403. The third kappa shape index (κ3) is 3.26. The highest BCUT2D eigenvalue weighted by atomic mass is 16.3. The Morgan fingerprint density at radius 3 is 2.50 bits per heavy atom. The molecule has 0 saturated heterocycles. The van der Waals surface area contributed by atoms with Crippen LogP contribution in [0.2, 0.25) is 0 Å². The number of aliphatic hydroxyl groups excluding tert-OH is 1. The standard InChI is InChI=1S/C8H13NO/c1-6(2)4-8(10)7(3)5-9/h6,8,10H,3-4H2,1-2H3. The van der Waals surface area contributed by atoms with E-state index in [2.05, 4.69) is 6.58 Å². The molecule has 0 aromatic heterocycles. The van der Waals surface area contributed by atoms with Gasteiger partial charge >= 0.3 is 0 Å². The fraction of sp³-hybridized carbons (Fsp3) is 0.625. The Labute approximate surface area is 61.8 Å². The maximum atomic E-state index is 9.17. The van der Waals surface area contributed by atoms with Crippen LogP contribution in [0.3, 0.4) is 0 Å². The van der Waals surface area contributed by atoms with Crippen molar-refractivity contribution in [2.45, 2.75) is 26.4 Å². The number of hydrogen-bond acceptors (Lipinski definition) is 2. The average Bonchev–Trinajstić information content (AvgIpc) is 1.85. The van der Waals surface area contributed by atoms with Crippen molar-refractivity contribution in [3.05, 3.63) is 12.2 Å². The topological polar surface area (TPSA) is 44.0 Å². The maximum Gasteiger partial charge on any atom is 0.0968 e. The van der Waals surface area contributed by atoms with E-state index >= 15 is 0 Å². The van der Waals surface area contributed by atoms with E-state index < -0.39 is 6.10 Å². The summed E-state index contributed by atoms with van der Waals surface area (Å²) in [6.07, 6.45) is -0.0307. The van der Waals surface area contributed by atoms with Gasteiger partial charge in [0, 0.05) is 0 Å². The molecule has 1 N–H and O–H groups in total. The second-order valence-electron chi connectivity index (χ2n) is 2.78. The highest BCUT2D eigenvalue weighted by Crippen LogP contribution is 2.09. The number of aliphatic hydroxyl groups is 1. The van der Waals surface area contributed by atoms with Crippen molar-refractivity contribution in [2.24, 2.45) is 5.92 Å². The fourth-order valence-electron chi connectivity index (χ4n) is 0.663. The normalized spacial score (nSPS) is 12.7. The summed E-state index contributed by atoms with van der Waals surface area (Å²) in [5.41, 5.74) is 0.258. The van der Waals surface area contributed by atoms with Crippen LogP contribution in [0, 0.1) is 17.2 Å². The van der Waals surface area contributed by atoms with Gasteiger partial charge in [0.25, 0.3) is 0 Å². The summed E-state index contributed by atoms with van der Waals surface area (Å²) in [6.45, 7) is 7.40. The van der Waals surface area contributed by atoms with Gasteiger partial charge in [0.2, 0.25) is 0 Å². The summed E-state index contributed by atoms with van der Waals surface area (Å²) in [4.78, 5) is 0. The lowest BCUT2D eigenvalue weighted by Crippen LogP contribution is -2.11. The fourth-order valence-corrected chi connectivity index (χ4v) is 0.663. The van der Waals surface area contributed by atoms with Crippen LogP contribution in [0.15, 0.2) is 12.2 Å². The zero-order valence-corrected chi connectivity index (χ0v) is 6.46. The Balaban J connectivity index is 3.76. The third-order valence-electron chi connectivity index (χ3n) is 1.24. The first-order valence-electron chi connectivity index (χ1n) is 3.35. The highest BCUT2D eigenvalue weighted by molar-refractivity contribution is 5.20. The molecule has 0 aromatic rings. The van der Waals surface area contributed by atoms with Gasteiger partial charge in [-0.2, -0.15) is 5.26 Å². The van der Waals surface area contributed by atoms with Crippen molar-refractivity contribution < 1.29 is 5.11 Å². The van der Waals surface area contributed by atoms with Gasteiger partial charge in [-0.05, 0) is 12.3 Å². The van der Waals surface area contributed by atoms with Gasteiger partial charge in [0.15, 0.2) is 0 Å². The summed E-state index contributed by atoms with van der Waals surface area (Å²) >= 11 is 0. The van der Waals surface area contributed by atoms with Crippen molar-refractivity contribution in [3.8, 4) is 6.07 Å². The molecular weight excluding hydrogens is 126 g/mol. The van der Waals surface area contributed by atoms with E-state index in [1.807, 2.05) is 19.9 Å². The SMILES string of the molecule is C=C(C#N)C(O)CC(C)C. The summed E-state index contributed by atoms with van der Waals surface area (Å²) in [5, 5.41) is 17.5. The molecule has 2 nitrogen and oxygen atoms in total. The van der Waals surface area contributed by atoms with E-state index in [9.17, 15) is 0 Å². The summed E-state index contributed by atoms with van der Waals surface area (Å²) in [7, 11) is 0. The summed E-state index contributed by atoms with van der Waals surface area (Å²) < 4.78 is 0.